The lowest BCUT2D eigenvalue weighted by Crippen LogP contribution is -2.00. The maximum absolute atomic E-state index is 12.0. The van der Waals surface area contributed by atoms with Crippen LogP contribution in [-0.4, -0.2) is 23.3 Å². The first-order chi connectivity index (χ1) is 10.6. The molecule has 112 valence electrons. The highest BCUT2D eigenvalue weighted by Gasteiger charge is 2.10. The lowest BCUT2D eigenvalue weighted by molar-refractivity contribution is -0.384. The van der Waals surface area contributed by atoms with Crippen LogP contribution >= 0.6 is 0 Å². The molecule has 0 bridgehead atoms. The van der Waals surface area contributed by atoms with Crippen molar-refractivity contribution in [2.24, 2.45) is 0 Å². The van der Waals surface area contributed by atoms with Crippen molar-refractivity contribution in [2.45, 2.75) is 6.42 Å². The number of nitro groups is 1. The molecule has 0 fully saturated rings. The number of nitro benzene ring substituents is 1. The predicted octanol–water partition coefficient (Wildman–Crippen LogP) is 2.60. The van der Waals surface area contributed by atoms with Crippen LogP contribution in [0.2, 0.25) is 0 Å². The van der Waals surface area contributed by atoms with Crippen LogP contribution in [0.25, 0.3) is 0 Å². The molecule has 0 spiro atoms. The number of hydrogen-bond donors (Lipinski definition) is 0. The molecule has 6 heteroatoms. The third-order valence-electron chi connectivity index (χ3n) is 2.57. The van der Waals surface area contributed by atoms with Gasteiger partial charge in [-0.3, -0.25) is 14.9 Å². The van der Waals surface area contributed by atoms with E-state index in [4.69, 9.17) is 0 Å². The normalized spacial score (nSPS) is 9.09. The average molecular weight is 299 g/mol. The number of aldehydes is 2. The number of carbonyl (C=O) groups is 3. The summed E-state index contributed by atoms with van der Waals surface area (Å²) in [5.74, 6) is -0.138. The van der Waals surface area contributed by atoms with Crippen molar-refractivity contribution in [1.82, 2.24) is 0 Å². The summed E-state index contributed by atoms with van der Waals surface area (Å²) in [5.41, 5.74) is 0.998. The number of benzene rings is 2. The van der Waals surface area contributed by atoms with Crippen molar-refractivity contribution >= 4 is 24.0 Å². The van der Waals surface area contributed by atoms with Gasteiger partial charge in [-0.1, -0.05) is 30.3 Å². The molecule has 2 aromatic rings. The Bertz CT molecular complexity index is 644. The van der Waals surface area contributed by atoms with E-state index in [2.05, 4.69) is 0 Å². The minimum absolute atomic E-state index is 0.0189. The summed E-state index contributed by atoms with van der Waals surface area (Å²) >= 11 is 0. The van der Waals surface area contributed by atoms with Crippen molar-refractivity contribution in [1.29, 1.82) is 0 Å². The SMILES string of the molecule is O=C(c1ccccc1)c1ccc([N+](=O)[O-])cc1.O=CCC=O. The topological polar surface area (TPSA) is 94.3 Å². The highest BCUT2D eigenvalue weighted by Crippen LogP contribution is 2.15. The van der Waals surface area contributed by atoms with E-state index < -0.39 is 4.92 Å². The molecule has 0 heterocycles. The molecule has 0 saturated carbocycles. The van der Waals surface area contributed by atoms with Gasteiger partial charge in [-0.15, -0.1) is 0 Å². The van der Waals surface area contributed by atoms with Crippen LogP contribution < -0.4 is 0 Å². The highest BCUT2D eigenvalue weighted by molar-refractivity contribution is 6.09. The Kier molecular flexibility index (Phi) is 6.85. The van der Waals surface area contributed by atoms with Gasteiger partial charge in [-0.2, -0.15) is 0 Å². The van der Waals surface area contributed by atoms with Gasteiger partial charge < -0.3 is 9.59 Å². The number of rotatable bonds is 5. The molecule has 0 aliphatic rings. The van der Waals surface area contributed by atoms with Crippen molar-refractivity contribution in [3.8, 4) is 0 Å². The van der Waals surface area contributed by atoms with E-state index in [0.717, 1.165) is 0 Å². The second-order valence-electron chi connectivity index (χ2n) is 4.07. The number of non-ortho nitro benzene ring substituents is 1. The highest BCUT2D eigenvalue weighted by atomic mass is 16.6. The van der Waals surface area contributed by atoms with Gasteiger partial charge in [0.05, 0.1) is 11.3 Å². The van der Waals surface area contributed by atoms with E-state index >= 15 is 0 Å². The third kappa shape index (κ3) is 5.09. The zero-order valence-electron chi connectivity index (χ0n) is 11.5. The van der Waals surface area contributed by atoms with E-state index in [-0.39, 0.29) is 17.9 Å². The standard InChI is InChI=1S/C13H9NO3.C3H4O2/c15-13(10-4-2-1-3-5-10)11-6-8-12(9-7-11)14(16)17;4-2-1-3-5/h1-9H;2-3H,1H2. The molecule has 6 nitrogen and oxygen atoms in total. The first kappa shape index (κ1) is 16.9. The van der Waals surface area contributed by atoms with Crippen molar-refractivity contribution in [3.63, 3.8) is 0 Å². The minimum Gasteiger partial charge on any atom is -0.303 e. The fraction of sp³-hybridized carbons (Fsp3) is 0.0625. The van der Waals surface area contributed by atoms with Gasteiger partial charge in [0.25, 0.3) is 5.69 Å². The van der Waals surface area contributed by atoms with Crippen LogP contribution in [0.3, 0.4) is 0 Å². The van der Waals surface area contributed by atoms with E-state index in [1.165, 1.54) is 24.3 Å². The van der Waals surface area contributed by atoms with E-state index in [1.54, 1.807) is 24.3 Å². The summed E-state index contributed by atoms with van der Waals surface area (Å²) in [6.07, 6.45) is 1.15. The molecule has 2 aromatic carbocycles. The quantitative estimate of drug-likeness (QED) is 0.278. The Labute approximate surface area is 126 Å². The lowest BCUT2D eigenvalue weighted by Gasteiger charge is -2.00. The summed E-state index contributed by atoms with van der Waals surface area (Å²) in [6, 6.07) is 14.4. The van der Waals surface area contributed by atoms with Gasteiger partial charge >= 0.3 is 0 Å². The van der Waals surface area contributed by atoms with Crippen molar-refractivity contribution < 1.29 is 19.3 Å². The molecular formula is C16H13NO5. The fourth-order valence-electron chi connectivity index (χ4n) is 1.53. The van der Waals surface area contributed by atoms with Crippen LogP contribution in [0.1, 0.15) is 22.3 Å². The molecule has 22 heavy (non-hydrogen) atoms. The fourth-order valence-corrected chi connectivity index (χ4v) is 1.53. The van der Waals surface area contributed by atoms with E-state index in [9.17, 15) is 24.5 Å². The maximum Gasteiger partial charge on any atom is 0.269 e. The van der Waals surface area contributed by atoms with E-state index in [0.29, 0.717) is 23.7 Å². The number of nitrogens with zero attached hydrogens (tertiary/aromatic N) is 1. The van der Waals surface area contributed by atoms with Gasteiger partial charge in [-0.25, -0.2) is 0 Å². The Hall–Kier alpha value is -3.15. The molecule has 0 radical (unpaired) electrons. The van der Waals surface area contributed by atoms with Gasteiger partial charge in [0, 0.05) is 23.3 Å². The summed E-state index contributed by atoms with van der Waals surface area (Å²) in [6.45, 7) is 0. The zero-order valence-corrected chi connectivity index (χ0v) is 11.5. The molecule has 0 aliphatic carbocycles. The molecular weight excluding hydrogens is 286 g/mol. The average Bonchev–Trinajstić information content (AvgIpc) is 2.56. The summed E-state index contributed by atoms with van der Waals surface area (Å²) in [4.78, 5) is 40.3. The summed E-state index contributed by atoms with van der Waals surface area (Å²) in [5, 5.41) is 10.5. The molecule has 0 aliphatic heterocycles. The molecule has 0 saturated heterocycles. The van der Waals surface area contributed by atoms with Crippen molar-refractivity contribution in [3.05, 3.63) is 75.8 Å². The summed E-state index contributed by atoms with van der Waals surface area (Å²) in [7, 11) is 0. The third-order valence-corrected chi connectivity index (χ3v) is 2.57. The number of hydrogen-bond acceptors (Lipinski definition) is 5. The van der Waals surface area contributed by atoms with Crippen molar-refractivity contribution in [2.75, 3.05) is 0 Å². The van der Waals surface area contributed by atoms with E-state index in [1.807, 2.05) is 6.07 Å². The smallest absolute Gasteiger partial charge is 0.269 e. The predicted molar refractivity (Wildman–Crippen MR) is 79.7 cm³/mol. The number of ketones is 1. The second-order valence-corrected chi connectivity index (χ2v) is 4.07. The van der Waals surface area contributed by atoms with Crippen LogP contribution in [0, 0.1) is 10.1 Å². The Morgan fingerprint density at radius 2 is 1.41 bits per heavy atom. The van der Waals surface area contributed by atoms with Gasteiger partial charge in [0.2, 0.25) is 0 Å². The van der Waals surface area contributed by atoms with Crippen LogP contribution in [0.5, 0.6) is 0 Å². The van der Waals surface area contributed by atoms with Crippen LogP contribution in [-0.2, 0) is 9.59 Å². The molecule has 0 amide bonds. The Morgan fingerprint density at radius 1 is 0.909 bits per heavy atom. The lowest BCUT2D eigenvalue weighted by atomic mass is 10.0. The number of carbonyl (C=O) groups excluding carboxylic acids is 3. The first-order valence-electron chi connectivity index (χ1n) is 6.31. The Morgan fingerprint density at radius 3 is 1.82 bits per heavy atom. The minimum atomic E-state index is -0.489. The Balaban J connectivity index is 0.000000422. The first-order valence-corrected chi connectivity index (χ1v) is 6.31. The largest absolute Gasteiger partial charge is 0.303 e. The molecule has 0 unspecified atom stereocenters. The van der Waals surface area contributed by atoms with Crippen LogP contribution in [0.15, 0.2) is 54.6 Å². The maximum atomic E-state index is 12.0. The molecule has 0 N–H and O–H groups in total. The zero-order chi connectivity index (χ0) is 16.4. The van der Waals surface area contributed by atoms with Gasteiger partial charge in [0.1, 0.15) is 12.6 Å². The van der Waals surface area contributed by atoms with Crippen LogP contribution in [0.4, 0.5) is 5.69 Å². The monoisotopic (exact) mass is 299 g/mol. The van der Waals surface area contributed by atoms with Gasteiger partial charge in [0.15, 0.2) is 5.78 Å². The second kappa shape index (κ2) is 8.91. The molecule has 2 rings (SSSR count). The van der Waals surface area contributed by atoms with Gasteiger partial charge in [-0.05, 0) is 12.1 Å². The summed E-state index contributed by atoms with van der Waals surface area (Å²) < 4.78 is 0. The molecule has 0 aromatic heterocycles. The molecule has 0 atom stereocenters.